The summed E-state index contributed by atoms with van der Waals surface area (Å²) in [5.41, 5.74) is 2.67. The van der Waals surface area contributed by atoms with E-state index in [0.29, 0.717) is 5.02 Å². The zero-order valence-corrected chi connectivity index (χ0v) is 19.2. The first-order chi connectivity index (χ1) is 15.7. The summed E-state index contributed by atoms with van der Waals surface area (Å²) in [6, 6.07) is 17.6. The van der Waals surface area contributed by atoms with Crippen molar-refractivity contribution in [2.75, 3.05) is 10.8 Å². The Kier molecular flexibility index (Phi) is 7.70. The van der Waals surface area contributed by atoms with Crippen molar-refractivity contribution >= 4 is 57.0 Å². The van der Waals surface area contributed by atoms with Gasteiger partial charge in [-0.3, -0.25) is 9.10 Å². The molecule has 3 rings (SSSR count). The normalized spacial score (nSPS) is 11.3. The fourth-order valence-corrected chi connectivity index (χ4v) is 4.55. The molecule has 0 aliphatic carbocycles. The molecule has 0 fully saturated rings. The van der Waals surface area contributed by atoms with Crippen molar-refractivity contribution in [2.45, 2.75) is 4.90 Å². The maximum Gasteiger partial charge on any atom is 0.336 e. The molecule has 170 valence electrons. The molecule has 0 aliphatic rings. The third kappa shape index (κ3) is 6.10. The molecule has 2 N–H and O–H groups in total. The molecule has 0 radical (unpaired) electrons. The van der Waals surface area contributed by atoms with Crippen LogP contribution in [0.25, 0.3) is 0 Å². The second kappa shape index (κ2) is 10.5. The molecular formula is C22H17Cl2N3O5S. The minimum atomic E-state index is -4.15. The molecule has 0 aliphatic heterocycles. The summed E-state index contributed by atoms with van der Waals surface area (Å²) in [4.78, 5) is 23.8. The van der Waals surface area contributed by atoms with Gasteiger partial charge in [-0.1, -0.05) is 47.5 Å². The number of benzene rings is 3. The van der Waals surface area contributed by atoms with Crippen LogP contribution in [0.1, 0.15) is 15.9 Å². The van der Waals surface area contributed by atoms with Crippen molar-refractivity contribution in [3.63, 3.8) is 0 Å². The van der Waals surface area contributed by atoms with Crippen LogP contribution >= 0.6 is 23.2 Å². The predicted octanol–water partition coefficient (Wildman–Crippen LogP) is 4.04. The van der Waals surface area contributed by atoms with Crippen molar-refractivity contribution < 1.29 is 23.1 Å². The molecule has 0 bridgehead atoms. The SMILES string of the molecule is O=C(CN(c1cccc(Cl)c1)S(=O)(=O)c1ccc(Cl)cc1)N/N=C\c1ccccc1C(=O)O. The lowest BCUT2D eigenvalue weighted by molar-refractivity contribution is -0.119. The monoisotopic (exact) mass is 505 g/mol. The highest BCUT2D eigenvalue weighted by Gasteiger charge is 2.27. The summed E-state index contributed by atoms with van der Waals surface area (Å²) in [5.74, 6) is -1.90. The lowest BCUT2D eigenvalue weighted by Crippen LogP contribution is -2.39. The number of hydrogen-bond donors (Lipinski definition) is 2. The number of carbonyl (C=O) groups excluding carboxylic acids is 1. The van der Waals surface area contributed by atoms with Crippen LogP contribution < -0.4 is 9.73 Å². The van der Waals surface area contributed by atoms with Crippen molar-refractivity contribution in [2.24, 2.45) is 5.10 Å². The lowest BCUT2D eigenvalue weighted by Gasteiger charge is -2.23. The van der Waals surface area contributed by atoms with Crippen LogP contribution in [-0.2, 0) is 14.8 Å². The van der Waals surface area contributed by atoms with Crippen molar-refractivity contribution in [3.05, 3.63) is 94.0 Å². The van der Waals surface area contributed by atoms with Crippen LogP contribution in [0, 0.1) is 0 Å². The molecule has 0 saturated heterocycles. The molecule has 0 atom stereocenters. The molecule has 33 heavy (non-hydrogen) atoms. The Bertz CT molecular complexity index is 1310. The number of rotatable bonds is 8. The van der Waals surface area contributed by atoms with E-state index >= 15 is 0 Å². The van der Waals surface area contributed by atoms with Gasteiger partial charge >= 0.3 is 5.97 Å². The molecule has 3 aromatic rings. The second-order valence-electron chi connectivity index (χ2n) is 6.63. The summed E-state index contributed by atoms with van der Waals surface area (Å²) < 4.78 is 27.4. The summed E-state index contributed by atoms with van der Waals surface area (Å²) >= 11 is 11.9. The number of hydrazone groups is 1. The highest BCUT2D eigenvalue weighted by Crippen LogP contribution is 2.26. The first kappa shape index (κ1) is 24.2. The van der Waals surface area contributed by atoms with Crippen LogP contribution in [0.4, 0.5) is 5.69 Å². The Labute approximate surface area is 200 Å². The first-order valence-electron chi connectivity index (χ1n) is 9.36. The van der Waals surface area contributed by atoms with Crippen LogP contribution in [-0.4, -0.2) is 38.2 Å². The predicted molar refractivity (Wildman–Crippen MR) is 127 cm³/mol. The average molecular weight is 506 g/mol. The number of sulfonamides is 1. The van der Waals surface area contributed by atoms with Crippen LogP contribution in [0.15, 0.2) is 82.8 Å². The standard InChI is InChI=1S/C22H17Cl2N3O5S/c23-16-8-10-19(11-9-16)33(31,32)27(18-6-3-5-17(24)12-18)14-21(28)26-25-13-15-4-1-2-7-20(15)22(29)30/h1-13H,14H2,(H,26,28)(H,29,30)/b25-13-. The van der Waals surface area contributed by atoms with E-state index in [1.165, 1.54) is 54.7 Å². The number of carboxylic acids is 1. The van der Waals surface area contributed by atoms with E-state index in [-0.39, 0.29) is 26.7 Å². The lowest BCUT2D eigenvalue weighted by atomic mass is 10.1. The fraction of sp³-hybridized carbons (Fsp3) is 0.0455. The van der Waals surface area contributed by atoms with Gasteiger partial charge in [-0.2, -0.15) is 5.10 Å². The van der Waals surface area contributed by atoms with Gasteiger partial charge in [0.25, 0.3) is 15.9 Å². The second-order valence-corrected chi connectivity index (χ2v) is 9.37. The highest BCUT2D eigenvalue weighted by molar-refractivity contribution is 7.92. The third-order valence-electron chi connectivity index (χ3n) is 4.37. The zero-order valence-electron chi connectivity index (χ0n) is 16.9. The molecule has 8 nitrogen and oxygen atoms in total. The summed E-state index contributed by atoms with van der Waals surface area (Å²) in [6.07, 6.45) is 1.17. The van der Waals surface area contributed by atoms with Gasteiger partial charge in [0.15, 0.2) is 0 Å². The van der Waals surface area contributed by atoms with E-state index in [1.807, 2.05) is 0 Å². The molecule has 1 amide bonds. The number of anilines is 1. The van der Waals surface area contributed by atoms with Gasteiger partial charge in [0.05, 0.1) is 22.4 Å². The molecule has 0 saturated carbocycles. The molecule has 0 heterocycles. The number of carbonyl (C=O) groups is 2. The molecule has 0 spiro atoms. The van der Waals surface area contributed by atoms with Gasteiger partial charge < -0.3 is 5.11 Å². The summed E-state index contributed by atoms with van der Waals surface area (Å²) in [6.45, 7) is -0.608. The number of amides is 1. The number of hydrogen-bond acceptors (Lipinski definition) is 5. The minimum absolute atomic E-state index is 0.00127. The van der Waals surface area contributed by atoms with Crippen molar-refractivity contribution in [1.29, 1.82) is 0 Å². The van der Waals surface area contributed by atoms with E-state index < -0.39 is 28.4 Å². The van der Waals surface area contributed by atoms with Crippen LogP contribution in [0.2, 0.25) is 10.0 Å². The van der Waals surface area contributed by atoms with E-state index in [9.17, 15) is 23.1 Å². The highest BCUT2D eigenvalue weighted by atomic mass is 35.5. The molecular weight excluding hydrogens is 489 g/mol. The Morgan fingerprint density at radius 1 is 0.970 bits per heavy atom. The molecule has 0 unspecified atom stereocenters. The number of halogens is 2. The van der Waals surface area contributed by atoms with E-state index in [4.69, 9.17) is 23.2 Å². The number of nitrogens with zero attached hydrogens (tertiary/aromatic N) is 2. The van der Waals surface area contributed by atoms with E-state index in [0.717, 1.165) is 4.31 Å². The van der Waals surface area contributed by atoms with Gasteiger partial charge in [0.1, 0.15) is 6.54 Å². The first-order valence-corrected chi connectivity index (χ1v) is 11.6. The Hall–Kier alpha value is -3.40. The van der Waals surface area contributed by atoms with Gasteiger partial charge in [0.2, 0.25) is 0 Å². The molecule has 0 aromatic heterocycles. The zero-order chi connectivity index (χ0) is 24.0. The third-order valence-corrected chi connectivity index (χ3v) is 6.64. The van der Waals surface area contributed by atoms with Crippen molar-refractivity contribution in [3.8, 4) is 0 Å². The van der Waals surface area contributed by atoms with E-state index in [2.05, 4.69) is 10.5 Å². The number of nitrogens with one attached hydrogen (secondary N) is 1. The Morgan fingerprint density at radius 3 is 2.33 bits per heavy atom. The maximum absolute atomic E-state index is 13.3. The summed E-state index contributed by atoms with van der Waals surface area (Å²) in [5, 5.41) is 13.6. The van der Waals surface area contributed by atoms with Gasteiger partial charge in [-0.25, -0.2) is 18.6 Å². The van der Waals surface area contributed by atoms with Crippen LogP contribution in [0.5, 0.6) is 0 Å². The smallest absolute Gasteiger partial charge is 0.336 e. The Balaban J connectivity index is 1.86. The van der Waals surface area contributed by atoms with E-state index in [1.54, 1.807) is 24.3 Å². The molecule has 11 heteroatoms. The quantitative estimate of drug-likeness (QED) is 0.354. The topological polar surface area (TPSA) is 116 Å². The average Bonchev–Trinajstić information content (AvgIpc) is 2.78. The van der Waals surface area contributed by atoms with Crippen LogP contribution in [0.3, 0.4) is 0 Å². The maximum atomic E-state index is 13.3. The van der Waals surface area contributed by atoms with Gasteiger partial charge in [-0.15, -0.1) is 0 Å². The molecule has 3 aromatic carbocycles. The Morgan fingerprint density at radius 2 is 1.67 bits per heavy atom. The fourth-order valence-electron chi connectivity index (χ4n) is 2.82. The van der Waals surface area contributed by atoms with Crippen molar-refractivity contribution in [1.82, 2.24) is 5.43 Å². The number of carboxylic acid groups (broad SMARTS) is 1. The summed E-state index contributed by atoms with van der Waals surface area (Å²) in [7, 11) is -4.15. The number of aromatic carboxylic acids is 1. The van der Waals surface area contributed by atoms with Gasteiger partial charge in [0, 0.05) is 15.6 Å². The minimum Gasteiger partial charge on any atom is -0.478 e. The van der Waals surface area contributed by atoms with Gasteiger partial charge in [-0.05, 0) is 48.5 Å². The largest absolute Gasteiger partial charge is 0.478 e.